The highest BCUT2D eigenvalue weighted by Crippen LogP contribution is 2.09. The largest absolute Gasteiger partial charge is 0.480 e. The van der Waals surface area contributed by atoms with Gasteiger partial charge in [-0.1, -0.05) is 6.92 Å². The van der Waals surface area contributed by atoms with Gasteiger partial charge in [-0.2, -0.15) is 4.31 Å². The minimum absolute atomic E-state index is 0.116. The molecule has 0 fully saturated rings. The van der Waals surface area contributed by atoms with E-state index in [0.717, 1.165) is 4.31 Å². The van der Waals surface area contributed by atoms with E-state index in [2.05, 4.69) is 0 Å². The highest BCUT2D eigenvalue weighted by atomic mass is 32.2. The summed E-state index contributed by atoms with van der Waals surface area (Å²) in [5.41, 5.74) is 0. The van der Waals surface area contributed by atoms with Crippen molar-refractivity contribution in [3.63, 3.8) is 0 Å². The van der Waals surface area contributed by atoms with Gasteiger partial charge in [-0.05, 0) is 12.8 Å². The third-order valence-corrected chi connectivity index (χ3v) is 4.47. The van der Waals surface area contributed by atoms with Gasteiger partial charge in [0.1, 0.15) is 6.04 Å². The van der Waals surface area contributed by atoms with Crippen molar-refractivity contribution in [2.24, 2.45) is 5.92 Å². The second-order valence-corrected chi connectivity index (χ2v) is 5.94. The predicted octanol–water partition coefficient (Wildman–Crippen LogP) is 0.00360. The molecule has 0 saturated heterocycles. The average molecular weight is 253 g/mol. The summed E-state index contributed by atoms with van der Waals surface area (Å²) < 4.78 is 29.3. The van der Waals surface area contributed by atoms with Crippen LogP contribution < -0.4 is 0 Å². The molecule has 0 amide bonds. The maximum absolute atomic E-state index is 11.8. The van der Waals surface area contributed by atoms with Crippen molar-refractivity contribution in [1.82, 2.24) is 4.31 Å². The number of rotatable bonds is 7. The molecule has 0 aromatic rings. The van der Waals surface area contributed by atoms with Gasteiger partial charge in [-0.25, -0.2) is 8.42 Å². The lowest BCUT2D eigenvalue weighted by atomic mass is 10.2. The summed E-state index contributed by atoms with van der Waals surface area (Å²) in [7, 11) is -0.789. The molecule has 0 spiro atoms. The number of nitrogens with zero attached hydrogens (tertiary/aromatic N) is 1. The van der Waals surface area contributed by atoms with Gasteiger partial charge in [0.05, 0.1) is 5.75 Å². The van der Waals surface area contributed by atoms with Crippen LogP contribution in [0.15, 0.2) is 0 Å². The summed E-state index contributed by atoms with van der Waals surface area (Å²) in [6.07, 6.45) is 0. The molecule has 0 aromatic heterocycles. The van der Waals surface area contributed by atoms with Crippen LogP contribution in [0.1, 0.15) is 13.8 Å². The van der Waals surface area contributed by atoms with Crippen LogP contribution in [0.25, 0.3) is 0 Å². The zero-order valence-electron chi connectivity index (χ0n) is 10.0. The normalized spacial score (nSPS) is 16.1. The molecule has 0 heterocycles. The van der Waals surface area contributed by atoms with Gasteiger partial charge in [0, 0.05) is 20.8 Å². The van der Waals surface area contributed by atoms with E-state index in [4.69, 9.17) is 9.84 Å². The quantitative estimate of drug-likeness (QED) is 0.690. The summed E-state index contributed by atoms with van der Waals surface area (Å²) in [4.78, 5) is 10.7. The number of methoxy groups -OCH3 is 1. The van der Waals surface area contributed by atoms with E-state index < -0.39 is 22.0 Å². The average Bonchev–Trinajstić information content (AvgIpc) is 2.14. The fourth-order valence-electron chi connectivity index (χ4n) is 1.21. The molecule has 0 saturated carbocycles. The van der Waals surface area contributed by atoms with E-state index in [1.807, 2.05) is 0 Å². The van der Waals surface area contributed by atoms with Gasteiger partial charge in [-0.15, -0.1) is 0 Å². The van der Waals surface area contributed by atoms with Crippen molar-refractivity contribution in [3.05, 3.63) is 0 Å². The number of sulfonamides is 1. The molecule has 2 unspecified atom stereocenters. The number of likely N-dealkylation sites (N-methyl/N-ethyl adjacent to an activating group) is 1. The Kier molecular flexibility index (Phi) is 5.91. The lowest BCUT2D eigenvalue weighted by Crippen LogP contribution is -2.42. The summed E-state index contributed by atoms with van der Waals surface area (Å²) in [5, 5.41) is 8.72. The van der Waals surface area contributed by atoms with Crippen LogP contribution in [0.3, 0.4) is 0 Å². The van der Waals surface area contributed by atoms with Gasteiger partial charge < -0.3 is 9.84 Å². The Morgan fingerprint density at radius 1 is 1.44 bits per heavy atom. The van der Waals surface area contributed by atoms with Crippen LogP contribution in [0, 0.1) is 5.92 Å². The maximum Gasteiger partial charge on any atom is 0.321 e. The van der Waals surface area contributed by atoms with E-state index in [1.165, 1.54) is 21.1 Å². The molecule has 0 aliphatic rings. The van der Waals surface area contributed by atoms with E-state index in [1.54, 1.807) is 6.92 Å². The Bertz CT molecular complexity index is 327. The number of aliphatic carboxylic acids is 1. The standard InChI is InChI=1S/C9H19NO5S/c1-7(5-15-4)6-16(13,14)10(3)8(2)9(11)12/h7-8H,5-6H2,1-4H3,(H,11,12). The molecule has 7 heteroatoms. The van der Waals surface area contributed by atoms with Crippen LogP contribution in [-0.2, 0) is 19.6 Å². The van der Waals surface area contributed by atoms with Crippen LogP contribution in [-0.4, -0.2) is 56.4 Å². The van der Waals surface area contributed by atoms with E-state index in [-0.39, 0.29) is 11.7 Å². The topological polar surface area (TPSA) is 83.9 Å². The summed E-state index contributed by atoms with van der Waals surface area (Å²) in [6.45, 7) is 3.40. The zero-order valence-corrected chi connectivity index (χ0v) is 10.8. The van der Waals surface area contributed by atoms with Crippen LogP contribution in [0.5, 0.6) is 0 Å². The predicted molar refractivity (Wildman–Crippen MR) is 59.7 cm³/mol. The van der Waals surface area contributed by atoms with Crippen molar-refractivity contribution in [1.29, 1.82) is 0 Å². The minimum atomic E-state index is -3.55. The van der Waals surface area contributed by atoms with Gasteiger partial charge in [0.15, 0.2) is 0 Å². The first-order chi connectivity index (χ1) is 7.22. The number of hydrogen-bond acceptors (Lipinski definition) is 4. The Labute approximate surface area is 96.2 Å². The van der Waals surface area contributed by atoms with Gasteiger partial charge in [0.2, 0.25) is 10.0 Å². The summed E-state index contributed by atoms with van der Waals surface area (Å²) in [5.74, 6) is -1.45. The molecule has 6 nitrogen and oxygen atoms in total. The fourth-order valence-corrected chi connectivity index (χ4v) is 2.83. The smallest absolute Gasteiger partial charge is 0.321 e. The van der Waals surface area contributed by atoms with E-state index in [0.29, 0.717) is 6.61 Å². The van der Waals surface area contributed by atoms with E-state index in [9.17, 15) is 13.2 Å². The first-order valence-corrected chi connectivity index (χ1v) is 6.50. The Morgan fingerprint density at radius 3 is 2.31 bits per heavy atom. The molecular weight excluding hydrogens is 234 g/mol. The Morgan fingerprint density at radius 2 is 1.94 bits per heavy atom. The van der Waals surface area contributed by atoms with Crippen LogP contribution in [0.4, 0.5) is 0 Å². The van der Waals surface area contributed by atoms with Crippen molar-refractivity contribution >= 4 is 16.0 Å². The van der Waals surface area contributed by atoms with Gasteiger partial charge >= 0.3 is 5.97 Å². The second kappa shape index (κ2) is 6.17. The van der Waals surface area contributed by atoms with Gasteiger partial charge in [-0.3, -0.25) is 4.79 Å². The third-order valence-electron chi connectivity index (χ3n) is 2.29. The zero-order chi connectivity index (χ0) is 12.9. The Hall–Kier alpha value is -0.660. The molecular formula is C9H19NO5S. The van der Waals surface area contributed by atoms with Crippen molar-refractivity contribution in [2.75, 3.05) is 26.5 Å². The van der Waals surface area contributed by atoms with Crippen molar-refractivity contribution in [2.45, 2.75) is 19.9 Å². The minimum Gasteiger partial charge on any atom is -0.480 e. The van der Waals surface area contributed by atoms with E-state index >= 15 is 0 Å². The molecule has 16 heavy (non-hydrogen) atoms. The van der Waals surface area contributed by atoms with Crippen LogP contribution in [0.2, 0.25) is 0 Å². The number of carboxylic acids is 1. The molecule has 0 radical (unpaired) electrons. The fraction of sp³-hybridized carbons (Fsp3) is 0.889. The number of carboxylic acid groups (broad SMARTS) is 1. The number of ether oxygens (including phenoxy) is 1. The molecule has 0 bridgehead atoms. The van der Waals surface area contributed by atoms with Crippen LogP contribution >= 0.6 is 0 Å². The molecule has 0 aliphatic heterocycles. The monoisotopic (exact) mass is 253 g/mol. The lowest BCUT2D eigenvalue weighted by Gasteiger charge is -2.22. The molecule has 0 rings (SSSR count). The highest BCUT2D eigenvalue weighted by Gasteiger charge is 2.29. The lowest BCUT2D eigenvalue weighted by molar-refractivity contribution is -0.140. The molecule has 0 aromatic carbocycles. The first kappa shape index (κ1) is 15.3. The molecule has 0 aliphatic carbocycles. The van der Waals surface area contributed by atoms with Gasteiger partial charge in [0.25, 0.3) is 0 Å². The Balaban J connectivity index is 4.60. The maximum atomic E-state index is 11.8. The SMILES string of the molecule is COCC(C)CS(=O)(=O)N(C)C(C)C(=O)O. The number of hydrogen-bond donors (Lipinski definition) is 1. The molecule has 2 atom stereocenters. The second-order valence-electron chi connectivity index (χ2n) is 3.87. The summed E-state index contributed by atoms with van der Waals surface area (Å²) >= 11 is 0. The molecule has 1 N–H and O–H groups in total. The van der Waals surface area contributed by atoms with Crippen molar-refractivity contribution in [3.8, 4) is 0 Å². The third kappa shape index (κ3) is 4.46. The molecule has 96 valence electrons. The highest BCUT2D eigenvalue weighted by molar-refractivity contribution is 7.89. The van der Waals surface area contributed by atoms with Crippen molar-refractivity contribution < 1.29 is 23.1 Å². The number of carbonyl (C=O) groups is 1. The summed E-state index contributed by atoms with van der Waals surface area (Å²) in [6, 6.07) is -1.06. The first-order valence-electron chi connectivity index (χ1n) is 4.89.